The number of aliphatic carboxylic acids is 1. The van der Waals surface area contributed by atoms with Gasteiger partial charge in [-0.15, -0.1) is 0 Å². The number of aliphatic hydroxyl groups is 1. The molecule has 0 saturated heterocycles. The lowest BCUT2D eigenvalue weighted by molar-refractivity contribution is -0.168. The summed E-state index contributed by atoms with van der Waals surface area (Å²) in [6.45, 7) is 9.58. The Hall–Kier alpha value is -2.68. The van der Waals surface area contributed by atoms with Crippen LogP contribution in [-0.4, -0.2) is 70.2 Å². The number of amides is 1. The van der Waals surface area contributed by atoms with Gasteiger partial charge < -0.3 is 19.7 Å². The molecule has 198 valence electrons. The van der Waals surface area contributed by atoms with E-state index in [1.165, 1.54) is 20.9 Å². The lowest BCUT2D eigenvalue weighted by Gasteiger charge is -2.32. The van der Waals surface area contributed by atoms with Crippen LogP contribution in [0.15, 0.2) is 24.3 Å². The van der Waals surface area contributed by atoms with Crippen LogP contribution in [0.25, 0.3) is 0 Å². The molecule has 0 aliphatic heterocycles. The number of halogens is 1. The van der Waals surface area contributed by atoms with Crippen molar-refractivity contribution in [2.75, 3.05) is 13.7 Å². The lowest BCUT2D eigenvalue weighted by atomic mass is 9.92. The molecule has 1 rings (SSSR count). The Kier molecular flexibility index (Phi) is 11.2. The van der Waals surface area contributed by atoms with Gasteiger partial charge in [0.1, 0.15) is 17.3 Å². The van der Waals surface area contributed by atoms with E-state index >= 15 is 0 Å². The topological polar surface area (TPSA) is 113 Å². The quantitative estimate of drug-likeness (QED) is 0.410. The predicted molar refractivity (Wildman–Crippen MR) is 130 cm³/mol. The van der Waals surface area contributed by atoms with Crippen molar-refractivity contribution >= 4 is 18.0 Å². The van der Waals surface area contributed by atoms with Gasteiger partial charge >= 0.3 is 18.0 Å². The molecule has 3 atom stereocenters. The third-order valence-electron chi connectivity index (χ3n) is 5.48. The fraction of sp³-hybridized carbons (Fsp3) is 0.654. The maximum atomic E-state index is 14.5. The van der Waals surface area contributed by atoms with Crippen LogP contribution < -0.4 is 0 Å². The summed E-state index contributed by atoms with van der Waals surface area (Å²) < 4.78 is 25.0. The van der Waals surface area contributed by atoms with Gasteiger partial charge in [0.25, 0.3) is 0 Å². The summed E-state index contributed by atoms with van der Waals surface area (Å²) in [5.74, 6) is -2.19. The van der Waals surface area contributed by atoms with E-state index in [0.717, 1.165) is 16.9 Å². The molecule has 1 amide bonds. The Morgan fingerprint density at radius 2 is 1.66 bits per heavy atom. The van der Waals surface area contributed by atoms with Crippen LogP contribution in [0.1, 0.15) is 77.8 Å². The van der Waals surface area contributed by atoms with Gasteiger partial charge in [-0.3, -0.25) is 4.90 Å². The van der Waals surface area contributed by atoms with E-state index < -0.39 is 47.9 Å². The van der Waals surface area contributed by atoms with Gasteiger partial charge in [-0.25, -0.2) is 18.8 Å². The average Bonchev–Trinajstić information content (AvgIpc) is 2.73. The Bertz CT molecular complexity index is 843. The van der Waals surface area contributed by atoms with Crippen LogP contribution in [-0.2, 0) is 25.5 Å². The number of hydrogen-bond donors (Lipinski definition) is 2. The van der Waals surface area contributed by atoms with Crippen LogP contribution in [0.5, 0.6) is 0 Å². The molecule has 0 radical (unpaired) electrons. The highest BCUT2D eigenvalue weighted by atomic mass is 19.1. The monoisotopic (exact) mass is 497 g/mol. The number of aliphatic hydroxyl groups excluding tert-OH is 1. The van der Waals surface area contributed by atoms with Gasteiger partial charge in [0, 0.05) is 26.5 Å². The van der Waals surface area contributed by atoms with Crippen LogP contribution in [0.2, 0.25) is 0 Å². The number of benzene rings is 1. The standard InChI is InChI=1S/C26H40FNO7/c1-8-18(13-14-29)19-11-9-17(10-12-19)15-21(22(30)31)34-23(32)20(16-26(5,6)27)28(7)24(33)35-25(2,3)4/h9-12,18,20-21,29H,8,13-16H2,1-7H3,(H,30,31)/t18?,20-,21+/m0/s1. The molecular formula is C26H40FNO7. The molecule has 8 nitrogen and oxygen atoms in total. The molecule has 35 heavy (non-hydrogen) atoms. The minimum atomic E-state index is -1.83. The van der Waals surface area contributed by atoms with Crippen LogP contribution in [0.3, 0.4) is 0 Å². The predicted octanol–water partition coefficient (Wildman–Crippen LogP) is 4.48. The van der Waals surface area contributed by atoms with E-state index in [0.29, 0.717) is 12.0 Å². The number of likely N-dealkylation sites (N-methyl/N-ethyl adjacent to an activating group) is 1. The molecule has 1 aromatic carbocycles. The number of rotatable bonds is 12. The van der Waals surface area contributed by atoms with Crippen molar-refractivity contribution in [3.8, 4) is 0 Å². The molecule has 0 aliphatic rings. The van der Waals surface area contributed by atoms with Gasteiger partial charge in [0.05, 0.1) is 0 Å². The Morgan fingerprint density at radius 3 is 2.09 bits per heavy atom. The zero-order chi connectivity index (χ0) is 27.0. The number of ether oxygens (including phenoxy) is 2. The molecule has 0 aliphatic carbocycles. The molecule has 0 saturated carbocycles. The summed E-state index contributed by atoms with van der Waals surface area (Å²) in [7, 11) is 1.29. The van der Waals surface area contributed by atoms with Crippen molar-refractivity contribution in [2.24, 2.45) is 0 Å². The number of carboxylic acids is 1. The minimum absolute atomic E-state index is 0.0753. The highest BCUT2D eigenvalue weighted by Gasteiger charge is 2.38. The zero-order valence-corrected chi connectivity index (χ0v) is 21.8. The smallest absolute Gasteiger partial charge is 0.410 e. The normalized spacial score (nSPS) is 14.5. The minimum Gasteiger partial charge on any atom is -0.478 e. The van der Waals surface area contributed by atoms with Gasteiger partial charge in [0.15, 0.2) is 0 Å². The largest absolute Gasteiger partial charge is 0.478 e. The van der Waals surface area contributed by atoms with Crippen molar-refractivity contribution in [3.63, 3.8) is 0 Å². The molecule has 1 unspecified atom stereocenters. The summed E-state index contributed by atoms with van der Waals surface area (Å²) in [6.07, 6.45) is -1.38. The first-order chi connectivity index (χ1) is 16.1. The van der Waals surface area contributed by atoms with Crippen LogP contribution in [0.4, 0.5) is 9.18 Å². The molecule has 0 heterocycles. The van der Waals surface area contributed by atoms with Crippen LogP contribution in [0, 0.1) is 0 Å². The number of carboxylic acid groups (broad SMARTS) is 1. The molecule has 0 fully saturated rings. The second-order valence-electron chi connectivity index (χ2n) is 10.4. The summed E-state index contributed by atoms with van der Waals surface area (Å²) in [4.78, 5) is 38.3. The van der Waals surface area contributed by atoms with E-state index in [2.05, 4.69) is 0 Å². The van der Waals surface area contributed by atoms with Crippen molar-refractivity contribution in [2.45, 2.75) is 96.6 Å². The zero-order valence-electron chi connectivity index (χ0n) is 21.8. The van der Waals surface area contributed by atoms with Crippen LogP contribution >= 0.6 is 0 Å². The number of carbonyl (C=O) groups is 3. The molecule has 0 spiro atoms. The fourth-order valence-electron chi connectivity index (χ4n) is 3.60. The highest BCUT2D eigenvalue weighted by Crippen LogP contribution is 2.25. The average molecular weight is 498 g/mol. The number of alkyl halides is 1. The maximum Gasteiger partial charge on any atom is 0.410 e. The SMILES string of the molecule is CCC(CCO)c1ccc(C[C@@H](OC(=O)[C@H](CC(C)(C)F)N(C)C(=O)OC(C)(C)C)C(=O)O)cc1. The molecule has 2 N–H and O–H groups in total. The molecule has 0 aromatic heterocycles. The van der Waals surface area contributed by atoms with Gasteiger partial charge in [-0.05, 0) is 64.5 Å². The van der Waals surface area contributed by atoms with E-state index in [4.69, 9.17) is 9.47 Å². The summed E-state index contributed by atoms with van der Waals surface area (Å²) in [5.41, 5.74) is -1.01. The number of hydrogen-bond acceptors (Lipinski definition) is 6. The van der Waals surface area contributed by atoms with Crippen molar-refractivity contribution in [1.82, 2.24) is 4.90 Å². The first-order valence-corrected chi connectivity index (χ1v) is 11.9. The molecular weight excluding hydrogens is 457 g/mol. The molecule has 0 bridgehead atoms. The van der Waals surface area contributed by atoms with Gasteiger partial charge in [0.2, 0.25) is 6.10 Å². The summed E-state index contributed by atoms with van der Waals surface area (Å²) in [6, 6.07) is 5.87. The third kappa shape index (κ3) is 10.6. The van der Waals surface area contributed by atoms with Crippen molar-refractivity contribution in [1.29, 1.82) is 0 Å². The van der Waals surface area contributed by atoms with Crippen molar-refractivity contribution in [3.05, 3.63) is 35.4 Å². The van der Waals surface area contributed by atoms with E-state index in [9.17, 15) is 29.0 Å². The first kappa shape index (κ1) is 30.4. The Labute approximate surface area is 207 Å². The number of esters is 1. The van der Waals surface area contributed by atoms with Crippen molar-refractivity contribution < 1.29 is 38.5 Å². The van der Waals surface area contributed by atoms with Gasteiger partial charge in [-0.1, -0.05) is 31.2 Å². The Balaban J connectivity index is 3.05. The van der Waals surface area contributed by atoms with E-state index in [1.807, 2.05) is 19.1 Å². The number of nitrogens with zero attached hydrogens (tertiary/aromatic N) is 1. The molecule has 9 heteroatoms. The summed E-state index contributed by atoms with van der Waals surface area (Å²) >= 11 is 0. The third-order valence-corrected chi connectivity index (χ3v) is 5.48. The van der Waals surface area contributed by atoms with Gasteiger partial charge in [-0.2, -0.15) is 0 Å². The first-order valence-electron chi connectivity index (χ1n) is 11.9. The maximum absolute atomic E-state index is 14.5. The Morgan fingerprint density at radius 1 is 1.09 bits per heavy atom. The summed E-state index contributed by atoms with van der Waals surface area (Å²) in [5, 5.41) is 18.9. The van der Waals surface area contributed by atoms with E-state index in [-0.39, 0.29) is 18.9 Å². The second kappa shape index (κ2) is 12.9. The highest BCUT2D eigenvalue weighted by molar-refractivity contribution is 5.84. The fourth-order valence-corrected chi connectivity index (χ4v) is 3.60. The van der Waals surface area contributed by atoms with E-state index in [1.54, 1.807) is 32.9 Å². The lowest BCUT2D eigenvalue weighted by Crippen LogP contribution is -2.49. The second-order valence-corrected chi connectivity index (χ2v) is 10.4. The molecule has 1 aromatic rings. The number of carbonyl (C=O) groups excluding carboxylic acids is 2.